The van der Waals surface area contributed by atoms with Crippen molar-refractivity contribution in [2.75, 3.05) is 0 Å². The maximum atomic E-state index is 10.2. The molecular formula is C14H11BrN2OS2. The first-order valence-corrected chi connectivity index (χ1v) is 8.10. The van der Waals surface area contributed by atoms with Crippen LogP contribution in [0.2, 0.25) is 0 Å². The van der Waals surface area contributed by atoms with Crippen molar-refractivity contribution < 1.29 is 5.11 Å². The van der Waals surface area contributed by atoms with Crippen LogP contribution >= 0.6 is 39.5 Å². The van der Waals surface area contributed by atoms with Gasteiger partial charge in [0.25, 0.3) is 0 Å². The van der Waals surface area contributed by atoms with Gasteiger partial charge in [-0.05, 0) is 43.4 Å². The molecule has 3 nitrogen and oxygen atoms in total. The molecule has 2 aromatic rings. The lowest BCUT2D eigenvalue weighted by atomic mass is 10.1. The molecule has 6 heteroatoms. The Bertz CT molecular complexity index is 802. The quantitative estimate of drug-likeness (QED) is 0.757. The second kappa shape index (κ2) is 5.27. The highest BCUT2D eigenvalue weighted by Gasteiger charge is 2.15. The highest BCUT2D eigenvalue weighted by Crippen LogP contribution is 2.37. The molecule has 102 valence electrons. The van der Waals surface area contributed by atoms with E-state index in [0.717, 1.165) is 26.2 Å². The van der Waals surface area contributed by atoms with E-state index in [2.05, 4.69) is 20.9 Å². The molecule has 0 bridgehead atoms. The van der Waals surface area contributed by atoms with Crippen molar-refractivity contribution in [2.45, 2.75) is 13.5 Å². The lowest BCUT2D eigenvalue weighted by Crippen LogP contribution is -1.91. The summed E-state index contributed by atoms with van der Waals surface area (Å²) in [5, 5.41) is 10.2. The van der Waals surface area contributed by atoms with Crippen molar-refractivity contribution >= 4 is 63.0 Å². The first-order chi connectivity index (χ1) is 9.60. The van der Waals surface area contributed by atoms with Crippen LogP contribution in [0.1, 0.15) is 17.4 Å². The Labute approximate surface area is 134 Å². The van der Waals surface area contributed by atoms with Crippen LogP contribution in [0, 0.1) is 3.95 Å². The SMILES string of the molecule is CCn1c(O)c(/C=C2/C=Nc3ccc(Br)cc32)sc1=S. The van der Waals surface area contributed by atoms with Crippen LogP contribution in [0.4, 0.5) is 5.69 Å². The molecule has 3 rings (SSSR count). The zero-order valence-electron chi connectivity index (χ0n) is 10.6. The van der Waals surface area contributed by atoms with Gasteiger partial charge in [-0.1, -0.05) is 15.9 Å². The van der Waals surface area contributed by atoms with Gasteiger partial charge >= 0.3 is 0 Å². The summed E-state index contributed by atoms with van der Waals surface area (Å²) in [6, 6.07) is 5.96. The molecule has 0 spiro atoms. The molecule has 1 aromatic heterocycles. The summed E-state index contributed by atoms with van der Waals surface area (Å²) in [7, 11) is 0. The van der Waals surface area contributed by atoms with Gasteiger partial charge in [0.2, 0.25) is 5.88 Å². The number of hydrogen-bond acceptors (Lipinski definition) is 4. The molecule has 0 saturated carbocycles. The average molecular weight is 367 g/mol. The first-order valence-electron chi connectivity index (χ1n) is 6.08. The summed E-state index contributed by atoms with van der Waals surface area (Å²) in [6.07, 6.45) is 3.75. The number of hydrogen-bond donors (Lipinski definition) is 1. The molecule has 0 atom stereocenters. The van der Waals surface area contributed by atoms with E-state index in [0.29, 0.717) is 10.5 Å². The van der Waals surface area contributed by atoms with E-state index in [9.17, 15) is 5.11 Å². The predicted octanol–water partition coefficient (Wildman–Crippen LogP) is 5.02. The zero-order chi connectivity index (χ0) is 14.3. The number of benzene rings is 1. The Morgan fingerprint density at radius 1 is 1.50 bits per heavy atom. The van der Waals surface area contributed by atoms with Gasteiger partial charge in [0, 0.05) is 28.4 Å². The van der Waals surface area contributed by atoms with Crippen LogP contribution < -0.4 is 0 Å². The van der Waals surface area contributed by atoms with E-state index in [4.69, 9.17) is 12.2 Å². The third-order valence-corrected chi connectivity index (χ3v) is 4.99. The lowest BCUT2D eigenvalue weighted by molar-refractivity contribution is 0.419. The molecule has 1 N–H and O–H groups in total. The highest BCUT2D eigenvalue weighted by atomic mass is 79.9. The third-order valence-electron chi connectivity index (χ3n) is 3.11. The van der Waals surface area contributed by atoms with E-state index in [1.54, 1.807) is 4.57 Å². The molecule has 1 aromatic carbocycles. The third kappa shape index (κ3) is 2.28. The summed E-state index contributed by atoms with van der Waals surface area (Å²) in [4.78, 5) is 5.14. The Balaban J connectivity index is 2.11. The molecule has 0 unspecified atom stereocenters. The van der Waals surface area contributed by atoms with Crippen molar-refractivity contribution in [3.63, 3.8) is 0 Å². The smallest absolute Gasteiger partial charge is 0.210 e. The average Bonchev–Trinajstić information content (AvgIpc) is 2.92. The van der Waals surface area contributed by atoms with Gasteiger partial charge in [-0.25, -0.2) is 0 Å². The molecule has 20 heavy (non-hydrogen) atoms. The van der Waals surface area contributed by atoms with Crippen LogP contribution in [0.15, 0.2) is 27.7 Å². The Kier molecular flexibility index (Phi) is 3.62. The second-order valence-electron chi connectivity index (χ2n) is 4.32. The van der Waals surface area contributed by atoms with E-state index in [1.807, 2.05) is 37.4 Å². The molecule has 0 radical (unpaired) electrons. The fraction of sp³-hybridized carbons (Fsp3) is 0.143. The van der Waals surface area contributed by atoms with Crippen molar-refractivity contribution in [1.29, 1.82) is 0 Å². The summed E-state index contributed by atoms with van der Waals surface area (Å²) in [5.74, 6) is 0.229. The number of thiazole rings is 1. The molecule has 1 aliphatic rings. The Morgan fingerprint density at radius 2 is 2.30 bits per heavy atom. The van der Waals surface area contributed by atoms with Crippen LogP contribution in [0.5, 0.6) is 5.88 Å². The number of aromatic nitrogens is 1. The maximum absolute atomic E-state index is 10.2. The van der Waals surface area contributed by atoms with Gasteiger partial charge in [0.15, 0.2) is 3.95 Å². The minimum atomic E-state index is 0.229. The van der Waals surface area contributed by atoms with Gasteiger partial charge in [-0.2, -0.15) is 0 Å². The molecule has 2 heterocycles. The van der Waals surface area contributed by atoms with Crippen molar-refractivity contribution in [3.05, 3.63) is 37.1 Å². The van der Waals surface area contributed by atoms with Crippen LogP contribution in [0.25, 0.3) is 11.6 Å². The van der Waals surface area contributed by atoms with Crippen molar-refractivity contribution in [1.82, 2.24) is 4.57 Å². The molecule has 0 aliphatic carbocycles. The fourth-order valence-electron chi connectivity index (χ4n) is 2.10. The van der Waals surface area contributed by atoms with Gasteiger partial charge in [0.05, 0.1) is 10.6 Å². The summed E-state index contributed by atoms with van der Waals surface area (Å²) < 4.78 is 3.41. The number of halogens is 1. The monoisotopic (exact) mass is 366 g/mol. The molecule has 0 fully saturated rings. The molecule has 0 saturated heterocycles. The van der Waals surface area contributed by atoms with Gasteiger partial charge in [0.1, 0.15) is 0 Å². The molecular weight excluding hydrogens is 356 g/mol. The maximum Gasteiger partial charge on any atom is 0.210 e. The highest BCUT2D eigenvalue weighted by molar-refractivity contribution is 9.10. The van der Waals surface area contributed by atoms with Crippen molar-refractivity contribution in [2.24, 2.45) is 4.99 Å². The molecule has 1 aliphatic heterocycles. The summed E-state index contributed by atoms with van der Waals surface area (Å²) in [6.45, 7) is 2.63. The number of fused-ring (bicyclic) bond motifs is 1. The summed E-state index contributed by atoms with van der Waals surface area (Å²) in [5.41, 5.74) is 2.98. The number of nitrogens with zero attached hydrogens (tertiary/aromatic N) is 2. The zero-order valence-corrected chi connectivity index (χ0v) is 13.8. The topological polar surface area (TPSA) is 37.5 Å². The number of aliphatic imine (C=N–C) groups is 1. The summed E-state index contributed by atoms with van der Waals surface area (Å²) >= 11 is 10.1. The molecule has 0 amide bonds. The Morgan fingerprint density at radius 3 is 3.00 bits per heavy atom. The number of allylic oxidation sites excluding steroid dienone is 1. The Hall–Kier alpha value is -1.24. The minimum Gasteiger partial charge on any atom is -0.493 e. The minimum absolute atomic E-state index is 0.229. The van der Waals surface area contributed by atoms with E-state index in [-0.39, 0.29) is 5.88 Å². The van der Waals surface area contributed by atoms with Gasteiger partial charge in [-0.15, -0.1) is 11.3 Å². The lowest BCUT2D eigenvalue weighted by Gasteiger charge is -2.01. The number of aromatic hydroxyl groups is 1. The second-order valence-corrected chi connectivity index (χ2v) is 6.91. The van der Waals surface area contributed by atoms with Crippen LogP contribution in [-0.2, 0) is 6.54 Å². The van der Waals surface area contributed by atoms with E-state index >= 15 is 0 Å². The fourth-order valence-corrected chi connectivity index (χ4v) is 3.85. The van der Waals surface area contributed by atoms with Crippen LogP contribution in [0.3, 0.4) is 0 Å². The predicted molar refractivity (Wildman–Crippen MR) is 90.6 cm³/mol. The standard InChI is InChI=1S/C14H11BrN2OS2/c1-2-17-13(18)12(20-14(17)19)5-8-7-16-11-4-3-9(15)6-10(8)11/h3-7,18H,2H2,1H3/b8-5-. The number of rotatable bonds is 2. The van der Waals surface area contributed by atoms with E-state index < -0.39 is 0 Å². The van der Waals surface area contributed by atoms with Gasteiger partial charge < -0.3 is 5.11 Å². The largest absolute Gasteiger partial charge is 0.493 e. The van der Waals surface area contributed by atoms with Gasteiger partial charge in [-0.3, -0.25) is 9.56 Å². The first kappa shape index (κ1) is 13.7. The van der Waals surface area contributed by atoms with Crippen molar-refractivity contribution in [3.8, 4) is 5.88 Å². The normalized spacial score (nSPS) is 15.0. The van der Waals surface area contributed by atoms with Crippen LogP contribution in [-0.4, -0.2) is 15.9 Å². The van der Waals surface area contributed by atoms with E-state index in [1.165, 1.54) is 11.3 Å².